The first-order valence-corrected chi connectivity index (χ1v) is 5.43. The van der Waals surface area contributed by atoms with Gasteiger partial charge in [0.1, 0.15) is 5.82 Å². The normalized spacial score (nSPS) is 10.3. The molecule has 0 atom stereocenters. The van der Waals surface area contributed by atoms with Crippen LogP contribution in [0, 0.1) is 5.82 Å². The zero-order chi connectivity index (χ0) is 13.1. The van der Waals surface area contributed by atoms with Crippen molar-refractivity contribution in [1.29, 1.82) is 0 Å². The molecule has 1 aromatic heterocycles. The van der Waals surface area contributed by atoms with Crippen molar-refractivity contribution < 1.29 is 14.3 Å². The lowest BCUT2D eigenvalue weighted by Crippen LogP contribution is -2.05. The van der Waals surface area contributed by atoms with Gasteiger partial charge >= 0.3 is 5.97 Å². The summed E-state index contributed by atoms with van der Waals surface area (Å²) in [6.45, 7) is 0. The first-order valence-electron chi connectivity index (χ1n) is 5.05. The SMILES string of the molecule is O=C(O)Cc1nccnc1-c1ccc(F)c(Cl)c1. The molecule has 0 aliphatic heterocycles. The Morgan fingerprint density at radius 1 is 1.33 bits per heavy atom. The second-order valence-electron chi connectivity index (χ2n) is 3.55. The molecule has 0 bridgehead atoms. The molecule has 0 fully saturated rings. The average Bonchev–Trinajstić information content (AvgIpc) is 2.33. The summed E-state index contributed by atoms with van der Waals surface area (Å²) in [6.07, 6.45) is 2.60. The van der Waals surface area contributed by atoms with E-state index in [2.05, 4.69) is 9.97 Å². The molecule has 0 saturated heterocycles. The first-order chi connectivity index (χ1) is 8.58. The Balaban J connectivity index is 2.49. The van der Waals surface area contributed by atoms with Crippen LogP contribution in [0.25, 0.3) is 11.3 Å². The second-order valence-corrected chi connectivity index (χ2v) is 3.96. The summed E-state index contributed by atoms with van der Waals surface area (Å²) >= 11 is 5.68. The van der Waals surface area contributed by atoms with Gasteiger partial charge in [-0.1, -0.05) is 11.6 Å². The highest BCUT2D eigenvalue weighted by Crippen LogP contribution is 2.25. The lowest BCUT2D eigenvalue weighted by molar-refractivity contribution is -0.136. The molecule has 0 aliphatic carbocycles. The minimum absolute atomic E-state index is 0.0422. The maximum absolute atomic E-state index is 13.1. The van der Waals surface area contributed by atoms with Crippen LogP contribution in [0.15, 0.2) is 30.6 Å². The molecule has 18 heavy (non-hydrogen) atoms. The third-order valence-electron chi connectivity index (χ3n) is 2.29. The number of hydrogen-bond donors (Lipinski definition) is 1. The molecule has 1 N–H and O–H groups in total. The smallest absolute Gasteiger partial charge is 0.309 e. The van der Waals surface area contributed by atoms with Gasteiger partial charge in [-0.05, 0) is 18.2 Å². The Hall–Kier alpha value is -2.01. The molecule has 6 heteroatoms. The van der Waals surface area contributed by atoms with Crippen LogP contribution >= 0.6 is 11.6 Å². The van der Waals surface area contributed by atoms with E-state index in [9.17, 15) is 9.18 Å². The Morgan fingerprint density at radius 3 is 2.72 bits per heavy atom. The number of aliphatic carboxylic acids is 1. The van der Waals surface area contributed by atoms with Gasteiger partial charge in [0.2, 0.25) is 0 Å². The van der Waals surface area contributed by atoms with Gasteiger partial charge in [0.15, 0.2) is 0 Å². The van der Waals surface area contributed by atoms with E-state index in [-0.39, 0.29) is 11.4 Å². The van der Waals surface area contributed by atoms with Crippen molar-refractivity contribution in [2.24, 2.45) is 0 Å². The van der Waals surface area contributed by atoms with Crippen molar-refractivity contribution in [3.63, 3.8) is 0 Å². The molecular formula is C12H8ClFN2O2. The lowest BCUT2D eigenvalue weighted by atomic mass is 10.1. The van der Waals surface area contributed by atoms with E-state index in [4.69, 9.17) is 16.7 Å². The van der Waals surface area contributed by atoms with Crippen LogP contribution in [0.2, 0.25) is 5.02 Å². The molecule has 0 spiro atoms. The van der Waals surface area contributed by atoms with Crippen LogP contribution < -0.4 is 0 Å². The average molecular weight is 267 g/mol. The number of halogens is 2. The van der Waals surface area contributed by atoms with Crippen molar-refractivity contribution in [3.8, 4) is 11.3 Å². The summed E-state index contributed by atoms with van der Waals surface area (Å²) in [5.41, 5.74) is 1.24. The summed E-state index contributed by atoms with van der Waals surface area (Å²) in [5, 5.41) is 8.74. The molecule has 2 aromatic rings. The predicted octanol–water partition coefficient (Wildman–Crippen LogP) is 2.56. The number of hydrogen-bond acceptors (Lipinski definition) is 3. The van der Waals surface area contributed by atoms with E-state index in [1.54, 1.807) is 0 Å². The van der Waals surface area contributed by atoms with Crippen LogP contribution in [0.5, 0.6) is 0 Å². The van der Waals surface area contributed by atoms with Crippen LogP contribution in [-0.2, 0) is 11.2 Å². The van der Waals surface area contributed by atoms with Gasteiger partial charge in [-0.25, -0.2) is 4.39 Å². The van der Waals surface area contributed by atoms with Crippen molar-refractivity contribution in [1.82, 2.24) is 9.97 Å². The zero-order valence-corrected chi connectivity index (χ0v) is 9.86. The van der Waals surface area contributed by atoms with Crippen LogP contribution in [0.3, 0.4) is 0 Å². The number of carbonyl (C=O) groups is 1. The molecular weight excluding hydrogens is 259 g/mol. The second kappa shape index (κ2) is 5.10. The maximum Gasteiger partial charge on any atom is 0.309 e. The minimum Gasteiger partial charge on any atom is -0.481 e. The van der Waals surface area contributed by atoms with Crippen LogP contribution in [0.4, 0.5) is 4.39 Å². The monoisotopic (exact) mass is 266 g/mol. The topological polar surface area (TPSA) is 63.1 Å². The summed E-state index contributed by atoms with van der Waals surface area (Å²) in [6, 6.07) is 4.08. The van der Waals surface area contributed by atoms with Gasteiger partial charge < -0.3 is 5.11 Å². The molecule has 0 amide bonds. The molecule has 1 heterocycles. The van der Waals surface area contributed by atoms with Gasteiger partial charge in [0.25, 0.3) is 0 Å². The summed E-state index contributed by atoms with van der Waals surface area (Å²) < 4.78 is 13.1. The number of carboxylic acid groups (broad SMARTS) is 1. The highest BCUT2D eigenvalue weighted by atomic mass is 35.5. The van der Waals surface area contributed by atoms with Gasteiger partial charge in [-0.2, -0.15) is 0 Å². The molecule has 0 aliphatic rings. The molecule has 4 nitrogen and oxygen atoms in total. The van der Waals surface area contributed by atoms with E-state index < -0.39 is 11.8 Å². The Bertz CT molecular complexity index is 604. The fraction of sp³-hybridized carbons (Fsp3) is 0.0833. The molecule has 0 radical (unpaired) electrons. The fourth-order valence-electron chi connectivity index (χ4n) is 1.52. The summed E-state index contributed by atoms with van der Waals surface area (Å²) in [7, 11) is 0. The molecule has 0 unspecified atom stereocenters. The van der Waals surface area contributed by atoms with Crippen molar-refractivity contribution in [3.05, 3.63) is 47.1 Å². The molecule has 2 rings (SSSR count). The Morgan fingerprint density at radius 2 is 2.06 bits per heavy atom. The van der Waals surface area contributed by atoms with Crippen molar-refractivity contribution in [2.75, 3.05) is 0 Å². The van der Waals surface area contributed by atoms with E-state index in [0.717, 1.165) is 0 Å². The number of nitrogens with zero attached hydrogens (tertiary/aromatic N) is 2. The maximum atomic E-state index is 13.1. The minimum atomic E-state index is -1.01. The van der Waals surface area contributed by atoms with Crippen LogP contribution in [0.1, 0.15) is 5.69 Å². The number of carboxylic acids is 1. The van der Waals surface area contributed by atoms with E-state index in [1.807, 2.05) is 0 Å². The molecule has 92 valence electrons. The number of aromatic nitrogens is 2. The Labute approximate surface area is 107 Å². The van der Waals surface area contributed by atoms with Crippen LogP contribution in [-0.4, -0.2) is 21.0 Å². The highest BCUT2D eigenvalue weighted by Gasteiger charge is 2.12. The summed E-state index contributed by atoms with van der Waals surface area (Å²) in [5.74, 6) is -1.55. The van der Waals surface area contributed by atoms with Gasteiger partial charge in [-0.15, -0.1) is 0 Å². The zero-order valence-electron chi connectivity index (χ0n) is 9.10. The third-order valence-corrected chi connectivity index (χ3v) is 2.58. The molecule has 1 aromatic carbocycles. The number of benzene rings is 1. The third kappa shape index (κ3) is 2.62. The highest BCUT2D eigenvalue weighted by molar-refractivity contribution is 6.31. The quantitative estimate of drug-likeness (QED) is 0.927. The summed E-state index contributed by atoms with van der Waals surface area (Å²) in [4.78, 5) is 18.8. The van der Waals surface area contributed by atoms with E-state index in [1.165, 1.54) is 30.6 Å². The largest absolute Gasteiger partial charge is 0.481 e. The molecule has 0 saturated carbocycles. The predicted molar refractivity (Wildman–Crippen MR) is 63.8 cm³/mol. The Kier molecular flexibility index (Phi) is 3.53. The van der Waals surface area contributed by atoms with E-state index >= 15 is 0 Å². The van der Waals surface area contributed by atoms with Gasteiger partial charge in [0, 0.05) is 18.0 Å². The standard InChI is InChI=1S/C12H8ClFN2O2/c13-8-5-7(1-2-9(8)14)12-10(6-11(17)18)15-3-4-16-12/h1-5H,6H2,(H,17,18). The van der Waals surface area contributed by atoms with Gasteiger partial charge in [0.05, 0.1) is 22.8 Å². The first kappa shape index (κ1) is 12.4. The van der Waals surface area contributed by atoms with Gasteiger partial charge in [-0.3, -0.25) is 14.8 Å². The number of rotatable bonds is 3. The van der Waals surface area contributed by atoms with Crippen molar-refractivity contribution >= 4 is 17.6 Å². The van der Waals surface area contributed by atoms with Crippen molar-refractivity contribution in [2.45, 2.75) is 6.42 Å². The van der Waals surface area contributed by atoms with E-state index in [0.29, 0.717) is 17.0 Å². The lowest BCUT2D eigenvalue weighted by Gasteiger charge is -2.06. The fourth-order valence-corrected chi connectivity index (χ4v) is 1.70.